The number of rotatable bonds is 6. The molecule has 0 aliphatic carbocycles. The number of amides is 1. The summed E-state index contributed by atoms with van der Waals surface area (Å²) >= 11 is 7.20. The molecule has 0 radical (unpaired) electrons. The van der Waals surface area contributed by atoms with Crippen molar-refractivity contribution in [3.8, 4) is 0 Å². The van der Waals surface area contributed by atoms with Crippen LogP contribution in [0.4, 0.5) is 11.4 Å². The second-order valence-electron chi connectivity index (χ2n) is 6.46. The van der Waals surface area contributed by atoms with Gasteiger partial charge in [-0.3, -0.25) is 19.8 Å². The fraction of sp³-hybridized carbons (Fsp3) is 0.353. The predicted octanol–water partition coefficient (Wildman–Crippen LogP) is 2.64. The largest absolute Gasteiger partial charge is 0.323 e. The van der Waals surface area contributed by atoms with Crippen molar-refractivity contribution in [2.24, 2.45) is 0 Å². The number of nitrogens with one attached hydrogen (secondary N) is 1. The van der Waals surface area contributed by atoms with Gasteiger partial charge in [-0.1, -0.05) is 17.7 Å². The van der Waals surface area contributed by atoms with E-state index in [-0.39, 0.29) is 35.4 Å². The molecule has 1 saturated heterocycles. The number of thiophene rings is 1. The Balaban J connectivity index is 1.60. The zero-order valence-corrected chi connectivity index (χ0v) is 17.8. The van der Waals surface area contributed by atoms with Crippen LogP contribution in [0.5, 0.6) is 0 Å². The van der Waals surface area contributed by atoms with Crippen molar-refractivity contribution in [2.45, 2.75) is 17.2 Å². The third kappa shape index (κ3) is 4.75. The van der Waals surface area contributed by atoms with Gasteiger partial charge in [-0.05, 0) is 24.4 Å². The molecule has 1 aliphatic rings. The van der Waals surface area contributed by atoms with Gasteiger partial charge in [-0.15, -0.1) is 11.3 Å². The third-order valence-electron chi connectivity index (χ3n) is 4.71. The van der Waals surface area contributed by atoms with Gasteiger partial charge in [0.15, 0.2) is 0 Å². The third-order valence-corrected chi connectivity index (χ3v) is 8.30. The van der Waals surface area contributed by atoms with Crippen LogP contribution in [0.25, 0.3) is 0 Å². The molecule has 12 heteroatoms. The molecule has 0 spiro atoms. The molecule has 1 fully saturated rings. The first-order valence-corrected chi connectivity index (χ1v) is 11.4. The van der Waals surface area contributed by atoms with Gasteiger partial charge in [-0.25, -0.2) is 8.42 Å². The maximum absolute atomic E-state index is 12.6. The maximum atomic E-state index is 12.6. The normalized spacial score (nSPS) is 17.0. The minimum Gasteiger partial charge on any atom is -0.323 e. The number of carbonyl (C=O) groups excluding carboxylic acids is 1. The zero-order chi connectivity index (χ0) is 21.2. The van der Waals surface area contributed by atoms with Crippen molar-refractivity contribution in [2.75, 3.05) is 31.5 Å². The Labute approximate surface area is 177 Å². The Morgan fingerprint density at radius 1 is 1.28 bits per heavy atom. The molecule has 0 saturated carbocycles. The van der Waals surface area contributed by atoms with Gasteiger partial charge in [0, 0.05) is 38.3 Å². The lowest BCUT2D eigenvalue weighted by Gasteiger charge is -2.36. The molecule has 156 valence electrons. The molecule has 1 N–H and O–H groups in total. The summed E-state index contributed by atoms with van der Waals surface area (Å²) in [5, 5.41) is 15.2. The van der Waals surface area contributed by atoms with E-state index in [4.69, 9.17) is 11.6 Å². The molecule has 3 rings (SSSR count). The number of hydrogen-bond donors (Lipinski definition) is 1. The van der Waals surface area contributed by atoms with Crippen LogP contribution in [-0.4, -0.2) is 60.7 Å². The molecule has 1 amide bonds. The number of nitro groups is 1. The Hall–Kier alpha value is -2.05. The number of nitrogens with zero attached hydrogens (tertiary/aromatic N) is 3. The van der Waals surface area contributed by atoms with Crippen molar-refractivity contribution in [1.29, 1.82) is 0 Å². The average molecular weight is 459 g/mol. The summed E-state index contributed by atoms with van der Waals surface area (Å²) in [6.45, 7) is 3.12. The minimum atomic E-state index is -3.50. The highest BCUT2D eigenvalue weighted by Gasteiger charge is 2.32. The maximum Gasteiger partial charge on any atom is 0.271 e. The van der Waals surface area contributed by atoms with E-state index in [1.165, 1.54) is 33.8 Å². The van der Waals surface area contributed by atoms with Crippen molar-refractivity contribution in [3.05, 3.63) is 50.8 Å². The first-order valence-electron chi connectivity index (χ1n) is 8.72. The van der Waals surface area contributed by atoms with Gasteiger partial charge < -0.3 is 5.32 Å². The monoisotopic (exact) mass is 458 g/mol. The molecule has 0 unspecified atom stereocenters. The number of benzene rings is 1. The van der Waals surface area contributed by atoms with Crippen LogP contribution < -0.4 is 5.32 Å². The summed E-state index contributed by atoms with van der Waals surface area (Å²) in [7, 11) is -3.50. The van der Waals surface area contributed by atoms with E-state index in [0.29, 0.717) is 17.3 Å². The van der Waals surface area contributed by atoms with Crippen molar-refractivity contribution in [1.82, 2.24) is 9.21 Å². The summed E-state index contributed by atoms with van der Waals surface area (Å²) in [4.78, 5) is 24.7. The zero-order valence-electron chi connectivity index (χ0n) is 15.4. The number of anilines is 1. The first-order chi connectivity index (χ1) is 13.7. The topological polar surface area (TPSA) is 113 Å². The Kier molecular flexibility index (Phi) is 6.54. The molecule has 1 aromatic carbocycles. The number of sulfonamides is 1. The SMILES string of the molecule is C[C@@H](C(=O)Nc1ccc([N+](=O)[O-])cc1Cl)N1CCN(S(=O)(=O)c2cccs2)CC1. The number of hydrogen-bond acceptors (Lipinski definition) is 7. The highest BCUT2D eigenvalue weighted by molar-refractivity contribution is 7.91. The average Bonchev–Trinajstić information content (AvgIpc) is 3.24. The lowest BCUT2D eigenvalue weighted by molar-refractivity contribution is -0.384. The van der Waals surface area contributed by atoms with Crippen LogP contribution >= 0.6 is 22.9 Å². The number of halogens is 1. The Bertz CT molecular complexity index is 1000. The van der Waals surface area contributed by atoms with Crippen LogP contribution in [0.3, 0.4) is 0 Å². The lowest BCUT2D eigenvalue weighted by atomic mass is 10.2. The molecule has 1 atom stereocenters. The predicted molar refractivity (Wildman–Crippen MR) is 111 cm³/mol. The van der Waals surface area contributed by atoms with E-state index in [1.807, 2.05) is 4.90 Å². The number of carbonyl (C=O) groups is 1. The van der Waals surface area contributed by atoms with Crippen molar-refractivity contribution < 1.29 is 18.1 Å². The summed E-state index contributed by atoms with van der Waals surface area (Å²) in [6, 6.07) is 6.58. The van der Waals surface area contributed by atoms with Gasteiger partial charge >= 0.3 is 0 Å². The van der Waals surface area contributed by atoms with Crippen LogP contribution in [0.15, 0.2) is 39.9 Å². The van der Waals surface area contributed by atoms with Crippen LogP contribution in [0.1, 0.15) is 6.92 Å². The highest BCUT2D eigenvalue weighted by atomic mass is 35.5. The fourth-order valence-electron chi connectivity index (χ4n) is 2.99. The molecular formula is C17H19ClN4O5S2. The summed E-state index contributed by atoms with van der Waals surface area (Å²) in [5.74, 6) is -0.324. The van der Waals surface area contributed by atoms with Crippen LogP contribution in [-0.2, 0) is 14.8 Å². The second kappa shape index (κ2) is 8.76. The molecule has 2 aromatic rings. The molecule has 1 aromatic heterocycles. The molecular weight excluding hydrogens is 440 g/mol. The van der Waals surface area contributed by atoms with E-state index >= 15 is 0 Å². The number of non-ortho nitro benzene ring substituents is 1. The molecule has 0 bridgehead atoms. The smallest absolute Gasteiger partial charge is 0.271 e. The first kappa shape index (κ1) is 21.7. The van der Waals surface area contributed by atoms with E-state index in [9.17, 15) is 23.3 Å². The van der Waals surface area contributed by atoms with E-state index in [2.05, 4.69) is 5.32 Å². The standard InChI is InChI=1S/C17H19ClN4O5S2/c1-12(17(23)19-15-5-4-13(22(24)25)11-14(15)18)20-6-8-21(9-7-20)29(26,27)16-3-2-10-28-16/h2-5,10-12H,6-9H2,1H3,(H,19,23)/t12-/m0/s1. The van der Waals surface area contributed by atoms with Crippen LogP contribution in [0.2, 0.25) is 5.02 Å². The highest BCUT2D eigenvalue weighted by Crippen LogP contribution is 2.27. The molecule has 2 heterocycles. The Morgan fingerprint density at radius 3 is 2.52 bits per heavy atom. The summed E-state index contributed by atoms with van der Waals surface area (Å²) in [5.41, 5.74) is 0.122. The van der Waals surface area contributed by atoms with E-state index in [0.717, 1.165) is 0 Å². The summed E-state index contributed by atoms with van der Waals surface area (Å²) < 4.78 is 26.9. The fourth-order valence-corrected chi connectivity index (χ4v) is 5.78. The van der Waals surface area contributed by atoms with Crippen LogP contribution in [0, 0.1) is 10.1 Å². The minimum absolute atomic E-state index is 0.0756. The van der Waals surface area contributed by atoms with Gasteiger partial charge in [0.25, 0.3) is 15.7 Å². The number of nitro benzene ring substituents is 1. The molecule has 9 nitrogen and oxygen atoms in total. The van der Waals surface area contributed by atoms with E-state index in [1.54, 1.807) is 24.4 Å². The second-order valence-corrected chi connectivity index (χ2v) is 9.98. The molecule has 1 aliphatic heterocycles. The van der Waals surface area contributed by atoms with Gasteiger partial charge in [0.1, 0.15) is 4.21 Å². The molecule has 29 heavy (non-hydrogen) atoms. The number of piperazine rings is 1. The quantitative estimate of drug-likeness (QED) is 0.526. The van der Waals surface area contributed by atoms with E-state index < -0.39 is 21.0 Å². The Morgan fingerprint density at radius 2 is 1.97 bits per heavy atom. The lowest BCUT2D eigenvalue weighted by Crippen LogP contribution is -2.53. The van der Waals surface area contributed by atoms with Gasteiger partial charge in [0.2, 0.25) is 5.91 Å². The van der Waals surface area contributed by atoms with Gasteiger partial charge in [-0.2, -0.15) is 4.31 Å². The summed E-state index contributed by atoms with van der Waals surface area (Å²) in [6.07, 6.45) is 0. The van der Waals surface area contributed by atoms with Crippen molar-refractivity contribution >= 4 is 50.2 Å². The van der Waals surface area contributed by atoms with Gasteiger partial charge in [0.05, 0.1) is 21.7 Å². The van der Waals surface area contributed by atoms with Crippen molar-refractivity contribution in [3.63, 3.8) is 0 Å².